The highest BCUT2D eigenvalue weighted by Crippen LogP contribution is 2.13. The molecule has 0 atom stereocenters. The number of nitrogens with zero attached hydrogens (tertiary/aromatic N) is 1. The molecule has 0 spiro atoms. The third-order valence-corrected chi connectivity index (χ3v) is 2.98. The maximum Gasteiger partial charge on any atom is 0.387 e. The van der Waals surface area contributed by atoms with Gasteiger partial charge in [0.05, 0.1) is 6.21 Å². The summed E-state index contributed by atoms with van der Waals surface area (Å²) in [5, 5.41) is 6.21. The Balaban J connectivity index is 1.69. The van der Waals surface area contributed by atoms with E-state index in [9.17, 15) is 18.0 Å². The number of hydrogen-bond donors (Lipinski definition) is 1. The van der Waals surface area contributed by atoms with Crippen molar-refractivity contribution >= 4 is 12.1 Å². The molecule has 2 aromatic rings. The number of nitrogens with one attached hydrogen (secondary N) is 1. The van der Waals surface area contributed by atoms with Crippen LogP contribution in [0.3, 0.4) is 0 Å². The first-order valence-corrected chi connectivity index (χ1v) is 7.24. The van der Waals surface area contributed by atoms with Crippen molar-refractivity contribution in [3.05, 3.63) is 65.5 Å². The van der Waals surface area contributed by atoms with Gasteiger partial charge in [0.15, 0.2) is 6.61 Å². The van der Waals surface area contributed by atoms with Gasteiger partial charge in [-0.1, -0.05) is 17.3 Å². The largest absolute Gasteiger partial charge is 0.435 e. The number of alkyl halides is 2. The normalized spacial score (nSPS) is 10.9. The van der Waals surface area contributed by atoms with E-state index >= 15 is 0 Å². The number of rotatable bonds is 8. The second-order valence-corrected chi connectivity index (χ2v) is 4.86. The molecule has 1 N–H and O–H groups in total. The van der Waals surface area contributed by atoms with Crippen LogP contribution in [-0.4, -0.2) is 25.3 Å². The van der Waals surface area contributed by atoms with Crippen LogP contribution in [0.25, 0.3) is 0 Å². The van der Waals surface area contributed by atoms with Crippen LogP contribution < -0.4 is 10.1 Å². The smallest absolute Gasteiger partial charge is 0.387 e. The molecule has 8 heteroatoms. The molecule has 132 valence electrons. The van der Waals surface area contributed by atoms with Crippen molar-refractivity contribution in [3.63, 3.8) is 0 Å². The van der Waals surface area contributed by atoms with Crippen molar-refractivity contribution in [3.8, 4) is 5.75 Å². The lowest BCUT2D eigenvalue weighted by atomic mass is 10.2. The average molecular weight is 352 g/mol. The van der Waals surface area contributed by atoms with E-state index in [4.69, 9.17) is 4.84 Å². The number of amides is 1. The van der Waals surface area contributed by atoms with E-state index in [1.54, 1.807) is 12.1 Å². The highest BCUT2D eigenvalue weighted by atomic mass is 19.3. The van der Waals surface area contributed by atoms with Gasteiger partial charge >= 0.3 is 6.61 Å². The number of benzene rings is 2. The Bertz CT molecular complexity index is 704. The van der Waals surface area contributed by atoms with Gasteiger partial charge in [-0.25, -0.2) is 4.39 Å². The second kappa shape index (κ2) is 9.31. The van der Waals surface area contributed by atoms with Crippen LogP contribution in [0.2, 0.25) is 0 Å². The minimum Gasteiger partial charge on any atom is -0.435 e. The predicted octanol–water partition coefficient (Wildman–Crippen LogP) is 3.09. The maximum atomic E-state index is 12.7. The zero-order chi connectivity index (χ0) is 18.1. The van der Waals surface area contributed by atoms with E-state index in [-0.39, 0.29) is 30.6 Å². The summed E-state index contributed by atoms with van der Waals surface area (Å²) >= 11 is 0. The molecule has 25 heavy (non-hydrogen) atoms. The van der Waals surface area contributed by atoms with Crippen LogP contribution in [0.5, 0.6) is 5.75 Å². The molecule has 0 aromatic heterocycles. The number of carbonyl (C=O) groups is 1. The standard InChI is InChI=1S/C17H15F3N2O3/c18-14-5-1-12(2-6-14)9-21-16(23)11-24-22-10-13-3-7-15(8-4-13)25-17(19)20/h1-8,10,17H,9,11H2,(H,21,23)/b22-10-. The first-order valence-electron chi connectivity index (χ1n) is 7.24. The molecule has 0 saturated carbocycles. The van der Waals surface area contributed by atoms with Gasteiger partial charge in [-0.2, -0.15) is 8.78 Å². The summed E-state index contributed by atoms with van der Waals surface area (Å²) in [7, 11) is 0. The van der Waals surface area contributed by atoms with E-state index in [0.717, 1.165) is 5.56 Å². The van der Waals surface area contributed by atoms with E-state index in [0.29, 0.717) is 5.56 Å². The first-order chi connectivity index (χ1) is 12.0. The average Bonchev–Trinajstić information content (AvgIpc) is 2.59. The third-order valence-electron chi connectivity index (χ3n) is 2.98. The van der Waals surface area contributed by atoms with E-state index in [1.807, 2.05) is 0 Å². The Hall–Kier alpha value is -3.03. The van der Waals surface area contributed by atoms with Crippen LogP contribution in [0.4, 0.5) is 13.2 Å². The molecular weight excluding hydrogens is 337 g/mol. The highest BCUT2D eigenvalue weighted by Gasteiger charge is 2.03. The third kappa shape index (κ3) is 6.94. The van der Waals surface area contributed by atoms with Crippen molar-refractivity contribution in [1.82, 2.24) is 5.32 Å². The van der Waals surface area contributed by atoms with Gasteiger partial charge < -0.3 is 14.9 Å². The van der Waals surface area contributed by atoms with E-state index < -0.39 is 6.61 Å². The maximum absolute atomic E-state index is 12.7. The SMILES string of the molecule is O=C(CO/N=C\c1ccc(OC(F)F)cc1)NCc1ccc(F)cc1. The van der Waals surface area contributed by atoms with Gasteiger partial charge in [0.2, 0.25) is 0 Å². The molecule has 1 amide bonds. The summed E-state index contributed by atoms with van der Waals surface area (Å²) < 4.78 is 41.0. The van der Waals surface area contributed by atoms with Crippen molar-refractivity contribution in [2.24, 2.45) is 5.16 Å². The minimum absolute atomic E-state index is 0.0354. The zero-order valence-corrected chi connectivity index (χ0v) is 13.0. The lowest BCUT2D eigenvalue weighted by Gasteiger charge is -2.05. The van der Waals surface area contributed by atoms with Gasteiger partial charge in [-0.15, -0.1) is 0 Å². The highest BCUT2D eigenvalue weighted by molar-refractivity contribution is 5.80. The van der Waals surface area contributed by atoms with Gasteiger partial charge in [0.1, 0.15) is 11.6 Å². The molecule has 2 aromatic carbocycles. The van der Waals surface area contributed by atoms with Crippen molar-refractivity contribution in [1.29, 1.82) is 0 Å². The fourth-order valence-corrected chi connectivity index (χ4v) is 1.78. The second-order valence-electron chi connectivity index (χ2n) is 4.86. The molecule has 0 bridgehead atoms. The molecule has 0 fully saturated rings. The minimum atomic E-state index is -2.88. The van der Waals surface area contributed by atoms with Crippen LogP contribution in [0.1, 0.15) is 11.1 Å². The zero-order valence-electron chi connectivity index (χ0n) is 13.0. The number of carbonyl (C=O) groups excluding carboxylic acids is 1. The van der Waals surface area contributed by atoms with Crippen LogP contribution in [-0.2, 0) is 16.2 Å². The van der Waals surface area contributed by atoms with Crippen LogP contribution in [0, 0.1) is 5.82 Å². The summed E-state index contributed by atoms with van der Waals surface area (Å²) in [6.45, 7) is -2.92. The number of hydrogen-bond acceptors (Lipinski definition) is 4. The van der Waals surface area contributed by atoms with Gasteiger partial charge in [-0.3, -0.25) is 4.79 Å². The fourth-order valence-electron chi connectivity index (χ4n) is 1.78. The Morgan fingerprint density at radius 3 is 2.44 bits per heavy atom. The lowest BCUT2D eigenvalue weighted by Crippen LogP contribution is -2.26. The Morgan fingerprint density at radius 1 is 1.12 bits per heavy atom. The number of halogens is 3. The first kappa shape index (κ1) is 18.3. The van der Waals surface area contributed by atoms with Crippen molar-refractivity contribution < 1.29 is 27.5 Å². The molecular formula is C17H15F3N2O3. The molecule has 2 rings (SSSR count). The topological polar surface area (TPSA) is 59.9 Å². The van der Waals surface area contributed by atoms with Crippen LogP contribution >= 0.6 is 0 Å². The summed E-state index contributed by atoms with van der Waals surface area (Å²) in [5.74, 6) is -0.697. The molecule has 0 heterocycles. The van der Waals surface area contributed by atoms with E-state index in [1.165, 1.54) is 42.6 Å². The Morgan fingerprint density at radius 2 is 1.80 bits per heavy atom. The number of oxime groups is 1. The summed E-state index contributed by atoms with van der Waals surface area (Å²) in [6.07, 6.45) is 1.33. The Labute approximate surface area is 142 Å². The molecule has 0 aliphatic rings. The van der Waals surface area contributed by atoms with E-state index in [2.05, 4.69) is 15.2 Å². The Kier molecular flexibility index (Phi) is 6.82. The molecule has 0 unspecified atom stereocenters. The number of ether oxygens (including phenoxy) is 1. The van der Waals surface area contributed by atoms with Crippen LogP contribution in [0.15, 0.2) is 53.7 Å². The quantitative estimate of drug-likeness (QED) is 0.587. The summed E-state index contributed by atoms with van der Waals surface area (Å²) in [6, 6.07) is 11.5. The van der Waals surface area contributed by atoms with Gasteiger partial charge in [-0.05, 0) is 47.5 Å². The monoisotopic (exact) mass is 352 g/mol. The van der Waals surface area contributed by atoms with Gasteiger partial charge in [0, 0.05) is 6.54 Å². The lowest BCUT2D eigenvalue weighted by molar-refractivity contribution is -0.125. The van der Waals surface area contributed by atoms with Crippen molar-refractivity contribution in [2.75, 3.05) is 6.61 Å². The molecule has 5 nitrogen and oxygen atoms in total. The molecule has 0 aliphatic heterocycles. The molecule has 0 aliphatic carbocycles. The summed E-state index contributed by atoms with van der Waals surface area (Å²) in [4.78, 5) is 16.4. The molecule has 0 saturated heterocycles. The van der Waals surface area contributed by atoms with Crippen molar-refractivity contribution in [2.45, 2.75) is 13.2 Å². The molecule has 0 radical (unpaired) electrons. The predicted molar refractivity (Wildman–Crippen MR) is 84.9 cm³/mol. The fraction of sp³-hybridized carbons (Fsp3) is 0.176. The van der Waals surface area contributed by atoms with Gasteiger partial charge in [0.25, 0.3) is 5.91 Å². The summed E-state index contributed by atoms with van der Waals surface area (Å²) in [5.41, 5.74) is 1.35.